The Morgan fingerprint density at radius 1 is 1.11 bits per heavy atom. The maximum atomic E-state index is 13.1. The standard InChI is InChI=1S/C17H29N5O6/c1-9(24)13(18)17(28)22-7-3-5-12(22)16(27)21-6-2-4-11(21)15(26)20-10(8-23)14(19)25/h9-13,23-24H,2-8,18H2,1H3,(H2,19,25)(H,20,26)/t9?,10?,11-,12-,13?/m0/s1. The van der Waals surface area contributed by atoms with Crippen LogP contribution >= 0.6 is 0 Å². The first-order valence-electron chi connectivity index (χ1n) is 9.44. The van der Waals surface area contributed by atoms with Gasteiger partial charge in [0, 0.05) is 13.1 Å². The summed E-state index contributed by atoms with van der Waals surface area (Å²) in [6, 6.07) is -3.88. The average Bonchev–Trinajstić information content (AvgIpc) is 3.32. The van der Waals surface area contributed by atoms with Crippen molar-refractivity contribution in [3.63, 3.8) is 0 Å². The quantitative estimate of drug-likeness (QED) is 0.296. The molecule has 2 fully saturated rings. The molecule has 0 saturated carbocycles. The van der Waals surface area contributed by atoms with Crippen molar-refractivity contribution < 1.29 is 29.4 Å². The molecule has 5 atom stereocenters. The molecule has 11 heteroatoms. The second-order valence-corrected chi connectivity index (χ2v) is 7.29. The van der Waals surface area contributed by atoms with Gasteiger partial charge >= 0.3 is 0 Å². The van der Waals surface area contributed by atoms with E-state index in [1.165, 1.54) is 16.7 Å². The van der Waals surface area contributed by atoms with Crippen LogP contribution in [-0.2, 0) is 19.2 Å². The van der Waals surface area contributed by atoms with Crippen molar-refractivity contribution in [2.45, 2.75) is 62.9 Å². The van der Waals surface area contributed by atoms with Crippen LogP contribution in [0.4, 0.5) is 0 Å². The summed E-state index contributed by atoms with van der Waals surface area (Å²) in [5.41, 5.74) is 10.9. The molecule has 0 aromatic heterocycles. The Hall–Kier alpha value is -2.24. The summed E-state index contributed by atoms with van der Waals surface area (Å²) in [6.45, 7) is 1.48. The number of amides is 4. The molecule has 158 valence electrons. The molecule has 0 radical (unpaired) electrons. The van der Waals surface area contributed by atoms with Crippen molar-refractivity contribution in [1.29, 1.82) is 0 Å². The largest absolute Gasteiger partial charge is 0.394 e. The minimum atomic E-state index is -1.22. The number of nitrogens with zero attached hydrogens (tertiary/aromatic N) is 2. The molecule has 28 heavy (non-hydrogen) atoms. The zero-order valence-electron chi connectivity index (χ0n) is 15.9. The Morgan fingerprint density at radius 2 is 1.68 bits per heavy atom. The molecule has 2 aliphatic heterocycles. The molecule has 0 bridgehead atoms. The van der Waals surface area contributed by atoms with Gasteiger partial charge in [-0.2, -0.15) is 0 Å². The Morgan fingerprint density at radius 3 is 2.21 bits per heavy atom. The van der Waals surface area contributed by atoms with E-state index < -0.39 is 54.6 Å². The fraction of sp³-hybridized carbons (Fsp3) is 0.765. The Kier molecular flexibility index (Phi) is 7.33. The number of nitrogens with two attached hydrogens (primary N) is 2. The lowest BCUT2D eigenvalue weighted by Crippen LogP contribution is -2.58. The molecule has 4 amide bonds. The molecule has 11 nitrogen and oxygen atoms in total. The fourth-order valence-electron chi connectivity index (χ4n) is 3.65. The van der Waals surface area contributed by atoms with E-state index in [1.807, 2.05) is 0 Å². The molecule has 2 saturated heterocycles. The van der Waals surface area contributed by atoms with E-state index in [0.29, 0.717) is 38.8 Å². The predicted molar refractivity (Wildman–Crippen MR) is 97.3 cm³/mol. The van der Waals surface area contributed by atoms with Crippen LogP contribution in [0.1, 0.15) is 32.6 Å². The van der Waals surface area contributed by atoms with E-state index in [1.54, 1.807) is 0 Å². The highest BCUT2D eigenvalue weighted by Crippen LogP contribution is 2.25. The first-order chi connectivity index (χ1) is 13.2. The molecule has 2 rings (SSSR count). The molecule has 7 N–H and O–H groups in total. The van der Waals surface area contributed by atoms with Crippen LogP contribution < -0.4 is 16.8 Å². The zero-order chi connectivity index (χ0) is 21.0. The third kappa shape index (κ3) is 4.59. The summed E-state index contributed by atoms with van der Waals surface area (Å²) in [6.07, 6.45) is 1.02. The van der Waals surface area contributed by atoms with Crippen molar-refractivity contribution in [2.24, 2.45) is 11.5 Å². The van der Waals surface area contributed by atoms with Gasteiger partial charge in [0.05, 0.1) is 12.7 Å². The average molecular weight is 399 g/mol. The van der Waals surface area contributed by atoms with E-state index in [4.69, 9.17) is 16.6 Å². The Balaban J connectivity index is 2.10. The molecule has 3 unspecified atom stereocenters. The number of nitrogens with one attached hydrogen (secondary N) is 1. The lowest BCUT2D eigenvalue weighted by molar-refractivity contribution is -0.148. The smallest absolute Gasteiger partial charge is 0.246 e. The number of aliphatic hydroxyl groups excluding tert-OH is 2. The zero-order valence-corrected chi connectivity index (χ0v) is 15.9. The summed E-state index contributed by atoms with van der Waals surface area (Å²) in [4.78, 5) is 52.1. The summed E-state index contributed by atoms with van der Waals surface area (Å²) in [7, 11) is 0. The first kappa shape index (κ1) is 22.1. The van der Waals surface area contributed by atoms with Gasteiger partial charge in [-0.3, -0.25) is 19.2 Å². The summed E-state index contributed by atoms with van der Waals surface area (Å²) in [5, 5.41) is 21.1. The normalized spacial score (nSPS) is 25.3. The summed E-state index contributed by atoms with van der Waals surface area (Å²) >= 11 is 0. The van der Waals surface area contributed by atoms with Gasteiger partial charge in [0.1, 0.15) is 24.2 Å². The van der Waals surface area contributed by atoms with Gasteiger partial charge in [-0.05, 0) is 32.6 Å². The van der Waals surface area contributed by atoms with E-state index in [9.17, 15) is 24.3 Å². The van der Waals surface area contributed by atoms with E-state index in [0.717, 1.165) is 0 Å². The molecule has 0 spiro atoms. The van der Waals surface area contributed by atoms with Crippen LogP contribution in [0.15, 0.2) is 0 Å². The van der Waals surface area contributed by atoms with Gasteiger partial charge in [-0.25, -0.2) is 0 Å². The lowest BCUT2D eigenvalue weighted by Gasteiger charge is -2.32. The number of likely N-dealkylation sites (tertiary alicyclic amines) is 2. The molecule has 0 aromatic rings. The topological polar surface area (TPSA) is 179 Å². The maximum Gasteiger partial charge on any atom is 0.246 e. The van der Waals surface area contributed by atoms with Crippen molar-refractivity contribution in [2.75, 3.05) is 19.7 Å². The number of aliphatic hydroxyl groups is 2. The number of hydrogen-bond donors (Lipinski definition) is 5. The lowest BCUT2D eigenvalue weighted by atomic mass is 10.1. The number of rotatable bonds is 7. The van der Waals surface area contributed by atoms with Crippen LogP contribution in [-0.4, -0.2) is 93.6 Å². The van der Waals surface area contributed by atoms with Crippen molar-refractivity contribution >= 4 is 23.6 Å². The SMILES string of the molecule is CC(O)C(N)C(=O)N1CCC[C@H]1C(=O)N1CCC[C@H]1C(=O)NC(CO)C(N)=O. The maximum absolute atomic E-state index is 13.1. The van der Waals surface area contributed by atoms with Crippen molar-refractivity contribution in [3.05, 3.63) is 0 Å². The molecule has 0 aliphatic carbocycles. The van der Waals surface area contributed by atoms with E-state index in [2.05, 4.69) is 5.32 Å². The fourth-order valence-corrected chi connectivity index (χ4v) is 3.65. The molecule has 0 aromatic carbocycles. The van der Waals surface area contributed by atoms with E-state index in [-0.39, 0.29) is 5.91 Å². The second-order valence-electron chi connectivity index (χ2n) is 7.29. The predicted octanol–water partition coefficient (Wildman–Crippen LogP) is -3.36. The van der Waals surface area contributed by atoms with Crippen LogP contribution in [0.3, 0.4) is 0 Å². The van der Waals surface area contributed by atoms with Gasteiger partial charge < -0.3 is 36.8 Å². The van der Waals surface area contributed by atoms with Crippen LogP contribution in [0.2, 0.25) is 0 Å². The highest BCUT2D eigenvalue weighted by atomic mass is 16.3. The summed E-state index contributed by atoms with van der Waals surface area (Å²) in [5.74, 6) is -2.30. The summed E-state index contributed by atoms with van der Waals surface area (Å²) < 4.78 is 0. The van der Waals surface area contributed by atoms with Crippen LogP contribution in [0.25, 0.3) is 0 Å². The third-order valence-corrected chi connectivity index (χ3v) is 5.31. The molecular formula is C17H29N5O6. The van der Waals surface area contributed by atoms with Gasteiger partial charge in [0.25, 0.3) is 0 Å². The highest BCUT2D eigenvalue weighted by molar-refractivity contribution is 5.95. The van der Waals surface area contributed by atoms with Gasteiger partial charge in [0.2, 0.25) is 23.6 Å². The van der Waals surface area contributed by atoms with Crippen molar-refractivity contribution in [1.82, 2.24) is 15.1 Å². The Labute approximate surface area is 163 Å². The van der Waals surface area contributed by atoms with Crippen molar-refractivity contribution in [3.8, 4) is 0 Å². The second kappa shape index (κ2) is 9.30. The molecule has 2 heterocycles. The van der Waals surface area contributed by atoms with E-state index >= 15 is 0 Å². The first-order valence-corrected chi connectivity index (χ1v) is 9.44. The van der Waals surface area contributed by atoms with Crippen LogP contribution in [0.5, 0.6) is 0 Å². The van der Waals surface area contributed by atoms with Gasteiger partial charge in [-0.15, -0.1) is 0 Å². The molecule has 2 aliphatic rings. The highest BCUT2D eigenvalue weighted by Gasteiger charge is 2.43. The minimum absolute atomic E-state index is 0.346. The third-order valence-electron chi connectivity index (χ3n) is 5.31. The van der Waals surface area contributed by atoms with Crippen LogP contribution in [0, 0.1) is 0 Å². The number of carbonyl (C=O) groups is 4. The molecular weight excluding hydrogens is 370 g/mol. The number of hydrogen-bond acceptors (Lipinski definition) is 7. The van der Waals surface area contributed by atoms with Gasteiger partial charge in [0.15, 0.2) is 0 Å². The monoisotopic (exact) mass is 399 g/mol. The van der Waals surface area contributed by atoms with Gasteiger partial charge in [-0.1, -0.05) is 0 Å². The minimum Gasteiger partial charge on any atom is -0.394 e. The Bertz CT molecular complexity index is 627. The number of carbonyl (C=O) groups excluding carboxylic acids is 4. The number of primary amides is 1.